The Kier molecular flexibility index (Phi) is 25.6. The van der Waals surface area contributed by atoms with Gasteiger partial charge in [-0.15, -0.1) is 0 Å². The molecule has 0 radical (unpaired) electrons. The number of hydrogen-bond acceptors (Lipinski definition) is 12. The van der Waals surface area contributed by atoms with Gasteiger partial charge >= 0.3 is 19.1 Å². The van der Waals surface area contributed by atoms with E-state index in [1.807, 2.05) is 78.9 Å². The third kappa shape index (κ3) is 20.0. The van der Waals surface area contributed by atoms with Gasteiger partial charge in [-0.3, -0.25) is 9.59 Å². The predicted molar refractivity (Wildman–Crippen MR) is 288 cm³/mol. The summed E-state index contributed by atoms with van der Waals surface area (Å²) in [5.41, 5.74) is 9.11. The molecule has 12 nitrogen and oxygen atoms in total. The summed E-state index contributed by atoms with van der Waals surface area (Å²) < 4.78 is 44.3. The van der Waals surface area contributed by atoms with E-state index in [9.17, 15) is 19.6 Å². The summed E-state index contributed by atoms with van der Waals surface area (Å²) in [5.74, 6) is 3.91. The number of carbonyl (C=O) groups excluding carboxylic acids is 2. The molecule has 0 saturated carbocycles. The second-order valence-electron chi connectivity index (χ2n) is 16.8. The molecular formula is C58H70BBrO12. The van der Waals surface area contributed by atoms with Crippen LogP contribution in [0.5, 0.6) is 34.5 Å². The summed E-state index contributed by atoms with van der Waals surface area (Å²) in [6.07, 6.45) is 6.10. The smallest absolute Gasteiger partial charge is 0.492 e. The van der Waals surface area contributed by atoms with Crippen LogP contribution in [0.4, 0.5) is 0 Å². The zero-order valence-electron chi connectivity index (χ0n) is 43.0. The highest BCUT2D eigenvalue weighted by atomic mass is 79.9. The maximum Gasteiger partial charge on any atom is 0.492 e. The standard InChI is InChI=1S/C29H34O5.C18H19BrO3.C11H17BO4/c1-5-6-16-33-28-14-12-24(31-3)19-27(28)26-13-10-23(17-21(26)2)20-34-25-9-7-8-22(18-25)11-15-29(30)32-4;1-13-10-15(6-8-17(13)19)12-22-16-5-3-4-14(11-16)7-9-18(20)21-2;1-3-4-7-16-11-6-5-9(15-2)8-10(11)12(13)14/h7-10,12-14,17-19H,5-6,11,15-16,20H2,1-4H3;3-6,8,10-11H,7,9,12H2,1-2H3;5-6,8,13-14H,3-4,7H2,1-2H3. The number of aryl methyl sites for hydroxylation is 4. The molecular weight excluding hydrogens is 979 g/mol. The molecule has 14 heteroatoms. The highest BCUT2D eigenvalue weighted by Gasteiger charge is 2.18. The van der Waals surface area contributed by atoms with Crippen LogP contribution in [-0.2, 0) is 45.1 Å². The van der Waals surface area contributed by atoms with Crippen molar-refractivity contribution in [1.82, 2.24) is 0 Å². The average Bonchev–Trinajstić information content (AvgIpc) is 3.40. The number of hydrogen-bond donors (Lipinski definition) is 2. The maximum absolute atomic E-state index is 11.4. The van der Waals surface area contributed by atoms with Gasteiger partial charge in [0.15, 0.2) is 0 Å². The number of benzene rings is 6. The molecule has 0 aromatic heterocycles. The Hall–Kier alpha value is -6.48. The molecule has 6 aromatic rings. The van der Waals surface area contributed by atoms with E-state index in [-0.39, 0.29) is 11.9 Å². The van der Waals surface area contributed by atoms with Crippen molar-refractivity contribution in [3.05, 3.63) is 159 Å². The SMILES string of the molecule is CCCCOc1ccc(OC)cc1-c1ccc(COc2cccc(CCC(=O)OC)c2)cc1C.CCCCOc1ccc(OC)cc1B(O)O.COC(=O)CCc1cccc(OCc2ccc(Br)c(C)c2)c1. The summed E-state index contributed by atoms with van der Waals surface area (Å²) in [4.78, 5) is 22.6. The Bertz CT molecular complexity index is 2600. The van der Waals surface area contributed by atoms with Crippen molar-refractivity contribution < 1.29 is 57.5 Å². The zero-order valence-corrected chi connectivity index (χ0v) is 44.6. The van der Waals surface area contributed by atoms with Gasteiger partial charge in [0.2, 0.25) is 0 Å². The molecule has 0 aliphatic carbocycles. The molecule has 0 amide bonds. The van der Waals surface area contributed by atoms with Gasteiger partial charge in [0.05, 0.1) is 41.7 Å². The number of esters is 2. The van der Waals surface area contributed by atoms with E-state index in [0.717, 1.165) is 92.1 Å². The zero-order chi connectivity index (χ0) is 52.3. The van der Waals surface area contributed by atoms with Gasteiger partial charge in [-0.25, -0.2) is 0 Å². The van der Waals surface area contributed by atoms with Crippen molar-refractivity contribution in [2.24, 2.45) is 0 Å². The Balaban J connectivity index is 0.000000254. The van der Waals surface area contributed by atoms with Gasteiger partial charge in [-0.1, -0.05) is 97.2 Å². The molecule has 6 rings (SSSR count). The van der Waals surface area contributed by atoms with Crippen LogP contribution in [0.3, 0.4) is 0 Å². The molecule has 0 aliphatic heterocycles. The first-order valence-electron chi connectivity index (χ1n) is 24.2. The Labute approximate surface area is 434 Å². The lowest BCUT2D eigenvalue weighted by atomic mass is 9.79. The third-order valence-corrected chi connectivity index (χ3v) is 12.2. The second-order valence-corrected chi connectivity index (χ2v) is 17.7. The van der Waals surface area contributed by atoms with Gasteiger partial charge in [-0.2, -0.15) is 0 Å². The summed E-state index contributed by atoms with van der Waals surface area (Å²) in [7, 11) is 4.47. The van der Waals surface area contributed by atoms with Crippen LogP contribution in [0, 0.1) is 13.8 Å². The second kappa shape index (κ2) is 31.8. The highest BCUT2D eigenvalue weighted by molar-refractivity contribution is 9.10. The van der Waals surface area contributed by atoms with Crippen LogP contribution < -0.4 is 33.9 Å². The van der Waals surface area contributed by atoms with Crippen LogP contribution in [0.25, 0.3) is 11.1 Å². The first-order chi connectivity index (χ1) is 34.8. The number of carbonyl (C=O) groups is 2. The molecule has 0 fully saturated rings. The lowest BCUT2D eigenvalue weighted by molar-refractivity contribution is -0.141. The van der Waals surface area contributed by atoms with E-state index in [1.165, 1.54) is 26.9 Å². The van der Waals surface area contributed by atoms with Gasteiger partial charge in [0.1, 0.15) is 47.7 Å². The monoisotopic (exact) mass is 1050 g/mol. The number of methoxy groups -OCH3 is 4. The maximum atomic E-state index is 11.4. The largest absolute Gasteiger partial charge is 0.497 e. The van der Waals surface area contributed by atoms with Crippen molar-refractivity contribution in [2.75, 3.05) is 41.7 Å². The first kappa shape index (κ1) is 58.1. The molecule has 384 valence electrons. The molecule has 0 bridgehead atoms. The van der Waals surface area contributed by atoms with E-state index >= 15 is 0 Å². The van der Waals surface area contributed by atoms with Crippen molar-refractivity contribution >= 4 is 40.4 Å². The lowest BCUT2D eigenvalue weighted by Gasteiger charge is -2.16. The van der Waals surface area contributed by atoms with E-state index in [0.29, 0.717) is 69.1 Å². The van der Waals surface area contributed by atoms with Crippen molar-refractivity contribution in [3.63, 3.8) is 0 Å². The number of ether oxygens (including phenoxy) is 8. The average molecular weight is 1050 g/mol. The molecule has 6 aromatic carbocycles. The molecule has 0 aliphatic rings. The van der Waals surface area contributed by atoms with Crippen LogP contribution in [0.15, 0.2) is 126 Å². The summed E-state index contributed by atoms with van der Waals surface area (Å²) in [6, 6.07) is 39.1. The van der Waals surface area contributed by atoms with Crippen LogP contribution in [0.2, 0.25) is 0 Å². The van der Waals surface area contributed by atoms with Crippen LogP contribution in [-0.4, -0.2) is 70.8 Å². The predicted octanol–water partition coefficient (Wildman–Crippen LogP) is 11.5. The van der Waals surface area contributed by atoms with Crippen molar-refractivity contribution in [1.29, 1.82) is 0 Å². The molecule has 0 unspecified atom stereocenters. The molecule has 0 spiro atoms. The Morgan fingerprint density at radius 2 is 1.01 bits per heavy atom. The number of unbranched alkanes of at least 4 members (excludes halogenated alkanes) is 2. The fraction of sp³-hybridized carbons (Fsp3) is 0.345. The molecule has 0 heterocycles. The molecule has 72 heavy (non-hydrogen) atoms. The lowest BCUT2D eigenvalue weighted by Crippen LogP contribution is -2.31. The number of halogens is 1. The van der Waals surface area contributed by atoms with Crippen LogP contribution >= 0.6 is 15.9 Å². The fourth-order valence-electron chi connectivity index (χ4n) is 7.14. The van der Waals surface area contributed by atoms with Gasteiger partial charge in [0.25, 0.3) is 0 Å². The van der Waals surface area contributed by atoms with Gasteiger partial charge in [0, 0.05) is 28.3 Å². The first-order valence-corrected chi connectivity index (χ1v) is 25.0. The van der Waals surface area contributed by atoms with E-state index in [1.54, 1.807) is 25.3 Å². The minimum Gasteiger partial charge on any atom is -0.497 e. The minimum absolute atomic E-state index is 0.198. The fourth-order valence-corrected chi connectivity index (χ4v) is 7.38. The quantitative estimate of drug-likeness (QED) is 0.0338. The topological polar surface area (TPSA) is 148 Å². The molecule has 0 saturated heterocycles. The number of rotatable bonds is 24. The summed E-state index contributed by atoms with van der Waals surface area (Å²) >= 11 is 3.49. The third-order valence-electron chi connectivity index (χ3n) is 11.3. The Morgan fingerprint density at radius 3 is 1.50 bits per heavy atom. The van der Waals surface area contributed by atoms with E-state index in [4.69, 9.17) is 33.2 Å². The summed E-state index contributed by atoms with van der Waals surface area (Å²) in [5, 5.41) is 18.4. The van der Waals surface area contributed by atoms with Crippen LogP contribution in [0.1, 0.15) is 85.8 Å². The van der Waals surface area contributed by atoms with E-state index < -0.39 is 7.12 Å². The molecule has 2 N–H and O–H groups in total. The highest BCUT2D eigenvalue weighted by Crippen LogP contribution is 2.36. The normalized spacial score (nSPS) is 10.4. The molecule has 0 atom stereocenters. The summed E-state index contributed by atoms with van der Waals surface area (Å²) in [6.45, 7) is 10.6. The van der Waals surface area contributed by atoms with Gasteiger partial charge < -0.3 is 47.9 Å². The van der Waals surface area contributed by atoms with Crippen molar-refractivity contribution in [2.45, 2.75) is 92.3 Å². The van der Waals surface area contributed by atoms with Crippen molar-refractivity contribution in [3.8, 4) is 45.6 Å². The van der Waals surface area contributed by atoms with E-state index in [2.05, 4.69) is 72.6 Å². The van der Waals surface area contributed by atoms with Gasteiger partial charge in [-0.05, 0) is 145 Å². The minimum atomic E-state index is -1.55. The Morgan fingerprint density at radius 1 is 0.514 bits per heavy atom.